The molecule has 5 heteroatoms. The lowest BCUT2D eigenvalue weighted by Gasteiger charge is -2.25. The van der Waals surface area contributed by atoms with Crippen molar-refractivity contribution in [2.45, 2.75) is 20.8 Å². The number of benzene rings is 1. The maximum absolute atomic E-state index is 11.7. The molecule has 0 bridgehead atoms. The van der Waals surface area contributed by atoms with Gasteiger partial charge in [-0.25, -0.2) is 0 Å². The van der Waals surface area contributed by atoms with Crippen LogP contribution in [0, 0.1) is 10.1 Å². The van der Waals surface area contributed by atoms with E-state index >= 15 is 0 Å². The van der Waals surface area contributed by atoms with Crippen LogP contribution in [0.1, 0.15) is 31.1 Å². The van der Waals surface area contributed by atoms with E-state index in [2.05, 4.69) is 6.58 Å². The van der Waals surface area contributed by atoms with E-state index in [1.54, 1.807) is 6.07 Å². The summed E-state index contributed by atoms with van der Waals surface area (Å²) in [6.45, 7) is 10.5. The van der Waals surface area contributed by atoms with Crippen LogP contribution in [0.3, 0.4) is 0 Å². The number of nitro benzene ring substituents is 1. The van der Waals surface area contributed by atoms with E-state index in [0.29, 0.717) is 24.3 Å². The highest BCUT2D eigenvalue weighted by Gasteiger charge is 2.17. The summed E-state index contributed by atoms with van der Waals surface area (Å²) in [4.78, 5) is 23.9. The van der Waals surface area contributed by atoms with E-state index < -0.39 is 4.92 Å². The first kappa shape index (κ1) is 14.9. The molecule has 0 aliphatic heterocycles. The van der Waals surface area contributed by atoms with E-state index in [9.17, 15) is 14.9 Å². The van der Waals surface area contributed by atoms with Gasteiger partial charge in [-0.2, -0.15) is 0 Å². The molecule has 0 saturated carbocycles. The highest BCUT2D eigenvalue weighted by molar-refractivity contribution is 6.00. The minimum atomic E-state index is -0.495. The quantitative estimate of drug-likeness (QED) is 0.342. The maximum atomic E-state index is 11.7. The van der Waals surface area contributed by atoms with E-state index in [-0.39, 0.29) is 11.5 Å². The Kier molecular flexibility index (Phi) is 4.80. The molecule has 1 rings (SSSR count). The lowest BCUT2D eigenvalue weighted by Crippen LogP contribution is -2.26. The van der Waals surface area contributed by atoms with Gasteiger partial charge in [0.1, 0.15) is 0 Å². The SMILES string of the molecule is C=C(C)CN(CC)c1ccc([N+](=O)[O-])cc1C(C)=O. The number of non-ortho nitro benzene ring substituents is 1. The van der Waals surface area contributed by atoms with Crippen LogP contribution >= 0.6 is 0 Å². The molecule has 0 aliphatic carbocycles. The molecule has 0 radical (unpaired) electrons. The smallest absolute Gasteiger partial charge is 0.270 e. The summed E-state index contributed by atoms with van der Waals surface area (Å²) in [6.07, 6.45) is 0. The fourth-order valence-corrected chi connectivity index (χ4v) is 1.89. The number of ketones is 1. The molecule has 1 aromatic carbocycles. The van der Waals surface area contributed by atoms with Gasteiger partial charge in [0.15, 0.2) is 5.78 Å². The van der Waals surface area contributed by atoms with Crippen LogP contribution < -0.4 is 4.90 Å². The van der Waals surface area contributed by atoms with Gasteiger partial charge in [0.2, 0.25) is 0 Å². The summed E-state index contributed by atoms with van der Waals surface area (Å²) in [5.41, 5.74) is 1.98. The Hall–Kier alpha value is -2.17. The van der Waals surface area contributed by atoms with Gasteiger partial charge in [0.25, 0.3) is 5.69 Å². The van der Waals surface area contributed by atoms with Crippen LogP contribution in [0.5, 0.6) is 0 Å². The Morgan fingerprint density at radius 3 is 2.47 bits per heavy atom. The number of likely N-dealkylation sites (N-methyl/N-ethyl adjacent to an activating group) is 1. The van der Waals surface area contributed by atoms with Crippen molar-refractivity contribution in [3.8, 4) is 0 Å². The van der Waals surface area contributed by atoms with Crippen molar-refractivity contribution in [3.63, 3.8) is 0 Å². The third-order valence-electron chi connectivity index (χ3n) is 2.75. The standard InChI is InChI=1S/C14H18N2O3/c1-5-15(9-10(2)3)14-7-6-12(16(18)19)8-13(14)11(4)17/h6-8H,2,5,9H2,1,3-4H3. The van der Waals surface area contributed by atoms with Gasteiger partial charge >= 0.3 is 0 Å². The minimum Gasteiger partial charge on any atom is -0.367 e. The molecule has 0 N–H and O–H groups in total. The summed E-state index contributed by atoms with van der Waals surface area (Å²) in [5.74, 6) is -0.182. The van der Waals surface area contributed by atoms with E-state index in [1.165, 1.54) is 19.1 Å². The second-order valence-electron chi connectivity index (χ2n) is 4.49. The molecule has 5 nitrogen and oxygen atoms in total. The molecule has 0 heterocycles. The van der Waals surface area contributed by atoms with Gasteiger partial charge in [0.05, 0.1) is 4.92 Å². The normalized spacial score (nSPS) is 10.1. The Labute approximate surface area is 112 Å². The predicted molar refractivity (Wildman–Crippen MR) is 75.8 cm³/mol. The average molecular weight is 262 g/mol. The number of carbonyl (C=O) groups is 1. The largest absolute Gasteiger partial charge is 0.367 e. The second-order valence-corrected chi connectivity index (χ2v) is 4.49. The van der Waals surface area contributed by atoms with Crippen molar-refractivity contribution >= 4 is 17.2 Å². The third-order valence-corrected chi connectivity index (χ3v) is 2.75. The summed E-state index contributed by atoms with van der Waals surface area (Å²) in [7, 11) is 0. The number of anilines is 1. The van der Waals surface area contributed by atoms with Crippen LogP contribution in [0.25, 0.3) is 0 Å². The van der Waals surface area contributed by atoms with Gasteiger partial charge in [-0.3, -0.25) is 14.9 Å². The molecule has 0 aromatic heterocycles. The van der Waals surface area contributed by atoms with Crippen LogP contribution in [0.15, 0.2) is 30.4 Å². The van der Waals surface area contributed by atoms with Crippen molar-refractivity contribution in [1.29, 1.82) is 0 Å². The highest BCUT2D eigenvalue weighted by atomic mass is 16.6. The molecule has 0 saturated heterocycles. The summed E-state index contributed by atoms with van der Waals surface area (Å²) in [5, 5.41) is 10.8. The average Bonchev–Trinajstić information content (AvgIpc) is 2.34. The molecular formula is C14H18N2O3. The van der Waals surface area contributed by atoms with E-state index in [1.807, 2.05) is 18.7 Å². The number of rotatable bonds is 6. The molecule has 0 spiro atoms. The predicted octanol–water partition coefficient (Wildman–Crippen LogP) is 3.20. The summed E-state index contributed by atoms with van der Waals surface area (Å²) in [6, 6.07) is 4.38. The van der Waals surface area contributed by atoms with E-state index in [4.69, 9.17) is 0 Å². The number of carbonyl (C=O) groups excluding carboxylic acids is 1. The molecule has 102 valence electrons. The highest BCUT2D eigenvalue weighted by Crippen LogP contribution is 2.26. The topological polar surface area (TPSA) is 63.4 Å². The number of hydrogen-bond acceptors (Lipinski definition) is 4. The molecular weight excluding hydrogens is 244 g/mol. The van der Waals surface area contributed by atoms with Crippen LogP contribution in [-0.4, -0.2) is 23.8 Å². The Balaban J connectivity index is 3.29. The van der Waals surface area contributed by atoms with Crippen LogP contribution in [0.2, 0.25) is 0 Å². The maximum Gasteiger partial charge on any atom is 0.270 e. The lowest BCUT2D eigenvalue weighted by atomic mass is 10.1. The van der Waals surface area contributed by atoms with Gasteiger partial charge in [-0.1, -0.05) is 12.2 Å². The van der Waals surface area contributed by atoms with Gasteiger partial charge in [-0.05, 0) is 26.8 Å². The zero-order valence-electron chi connectivity index (χ0n) is 11.5. The van der Waals surface area contributed by atoms with Crippen molar-refractivity contribution in [3.05, 3.63) is 46.0 Å². The Morgan fingerprint density at radius 2 is 2.05 bits per heavy atom. The molecule has 0 atom stereocenters. The van der Waals surface area contributed by atoms with Crippen molar-refractivity contribution in [2.24, 2.45) is 0 Å². The monoisotopic (exact) mass is 262 g/mol. The number of nitrogens with zero attached hydrogens (tertiary/aromatic N) is 2. The first-order chi connectivity index (χ1) is 8.86. The Morgan fingerprint density at radius 1 is 1.42 bits per heavy atom. The van der Waals surface area contributed by atoms with Gasteiger partial charge in [-0.15, -0.1) is 0 Å². The Bertz CT molecular complexity index is 523. The number of nitro groups is 1. The minimum absolute atomic E-state index is 0.0691. The zero-order chi connectivity index (χ0) is 14.6. The fraction of sp³-hybridized carbons (Fsp3) is 0.357. The molecule has 19 heavy (non-hydrogen) atoms. The van der Waals surface area contributed by atoms with Crippen molar-refractivity contribution in [1.82, 2.24) is 0 Å². The summed E-state index contributed by atoms with van der Waals surface area (Å²) < 4.78 is 0. The molecule has 0 aliphatic rings. The molecule has 0 amide bonds. The van der Waals surface area contributed by atoms with Crippen LogP contribution in [-0.2, 0) is 0 Å². The lowest BCUT2D eigenvalue weighted by molar-refractivity contribution is -0.384. The molecule has 0 fully saturated rings. The first-order valence-electron chi connectivity index (χ1n) is 6.05. The first-order valence-corrected chi connectivity index (χ1v) is 6.05. The number of Topliss-reactive ketones (excluding diaryl/α,β-unsaturated/α-hetero) is 1. The molecule has 1 aromatic rings. The van der Waals surface area contributed by atoms with Crippen molar-refractivity contribution < 1.29 is 9.72 Å². The van der Waals surface area contributed by atoms with Gasteiger partial charge < -0.3 is 4.90 Å². The summed E-state index contributed by atoms with van der Waals surface area (Å²) >= 11 is 0. The van der Waals surface area contributed by atoms with Gasteiger partial charge in [0, 0.05) is 36.5 Å². The number of hydrogen-bond donors (Lipinski definition) is 0. The van der Waals surface area contributed by atoms with E-state index in [0.717, 1.165) is 5.57 Å². The second kappa shape index (κ2) is 6.13. The molecule has 0 unspecified atom stereocenters. The van der Waals surface area contributed by atoms with Crippen molar-refractivity contribution in [2.75, 3.05) is 18.0 Å². The third kappa shape index (κ3) is 3.64. The zero-order valence-corrected chi connectivity index (χ0v) is 11.5. The van der Waals surface area contributed by atoms with Crippen LogP contribution in [0.4, 0.5) is 11.4 Å². The fourth-order valence-electron chi connectivity index (χ4n) is 1.89.